The fraction of sp³-hybridized carbons (Fsp3) is 0.870. The minimum atomic E-state index is -0.969. The van der Waals surface area contributed by atoms with Crippen LogP contribution < -0.4 is 5.11 Å². The van der Waals surface area contributed by atoms with Crippen molar-refractivity contribution in [1.82, 2.24) is 0 Å². The highest BCUT2D eigenvalue weighted by Crippen LogP contribution is 2.21. The van der Waals surface area contributed by atoms with Gasteiger partial charge in [-0.05, 0) is 32.1 Å². The van der Waals surface area contributed by atoms with E-state index in [1.807, 2.05) is 0 Å². The molecule has 1 atom stereocenters. The number of hydrogen-bond acceptors (Lipinski definition) is 3. The number of carboxylic acids is 1. The zero-order chi connectivity index (χ0) is 20.5. The normalized spacial score (nSPS) is 13.7. The van der Waals surface area contributed by atoms with E-state index in [1.165, 1.54) is 25.7 Å². The molecule has 0 aromatic rings. The maximum absolute atomic E-state index is 11.2. The molecule has 0 amide bonds. The monoisotopic (exact) mass is 383 g/mol. The fourth-order valence-corrected chi connectivity index (χ4v) is 3.56. The second-order valence-electron chi connectivity index (χ2n) is 8.24. The Kier molecular flexibility index (Phi) is 15.4. The van der Waals surface area contributed by atoms with Gasteiger partial charge in [-0.2, -0.15) is 0 Å². The van der Waals surface area contributed by atoms with Gasteiger partial charge in [0.15, 0.2) is 0 Å². The quantitative estimate of drug-likeness (QED) is 0.198. The lowest BCUT2D eigenvalue weighted by atomic mass is 10.1. The number of unbranched alkanes of at least 4 members (excludes halogenated alkanes) is 7. The Hall–Kier alpha value is -1.03. The van der Waals surface area contributed by atoms with E-state index in [4.69, 9.17) is 0 Å². The van der Waals surface area contributed by atoms with Gasteiger partial charge in [0, 0.05) is 24.7 Å². The summed E-state index contributed by atoms with van der Waals surface area (Å²) >= 11 is 0. The molecule has 0 aliphatic heterocycles. The standard InChI is InChI=1S/C23H45NO3/c1-5-8-11-12-15-22(25)20-24(17-13-9-6-2,18-14-10-7-3)19-16-21(4)23(26)27/h20-21H,5-19H2,1-4H3,(H-,25,26,27)/b22-20-. The Morgan fingerprint density at radius 3 is 1.89 bits per heavy atom. The zero-order valence-electron chi connectivity index (χ0n) is 18.5. The fourth-order valence-electron chi connectivity index (χ4n) is 3.56. The number of allylic oxidation sites excluding steroid dienone is 1. The molecule has 0 saturated heterocycles. The first kappa shape index (κ1) is 26.0. The number of nitrogens with zero attached hydrogens (tertiary/aromatic N) is 1. The number of hydrogen-bond donors (Lipinski definition) is 1. The first-order valence-electron chi connectivity index (χ1n) is 11.4. The summed E-state index contributed by atoms with van der Waals surface area (Å²) in [6.45, 7) is 11.1. The SMILES string of the molecule is CCCCCC/C(O)=C/[N+](CCCCC)(CCCCC)CCC(C)C(=O)[O-]. The molecule has 4 heteroatoms. The molecular weight excluding hydrogens is 338 g/mol. The summed E-state index contributed by atoms with van der Waals surface area (Å²) in [6, 6.07) is 0. The van der Waals surface area contributed by atoms with E-state index < -0.39 is 11.9 Å². The Balaban J connectivity index is 5.21. The Bertz CT molecular complexity index is 396. The number of carboxylic acid groups (broad SMARTS) is 1. The van der Waals surface area contributed by atoms with Crippen LogP contribution in [0.5, 0.6) is 0 Å². The summed E-state index contributed by atoms with van der Waals surface area (Å²) in [5.74, 6) is -0.928. The van der Waals surface area contributed by atoms with E-state index in [0.29, 0.717) is 12.2 Å². The third-order valence-corrected chi connectivity index (χ3v) is 5.53. The van der Waals surface area contributed by atoms with Crippen molar-refractivity contribution < 1.29 is 19.5 Å². The lowest BCUT2D eigenvalue weighted by molar-refractivity contribution is -0.881. The predicted octanol–water partition coefficient (Wildman–Crippen LogP) is 5.33. The van der Waals surface area contributed by atoms with Gasteiger partial charge in [0.1, 0.15) is 12.0 Å². The molecule has 0 spiro atoms. The number of quaternary nitrogens is 1. The third-order valence-electron chi connectivity index (χ3n) is 5.53. The van der Waals surface area contributed by atoms with Gasteiger partial charge in [-0.15, -0.1) is 0 Å². The van der Waals surface area contributed by atoms with Crippen LogP contribution in [0.4, 0.5) is 0 Å². The molecule has 0 heterocycles. The van der Waals surface area contributed by atoms with Crippen LogP contribution >= 0.6 is 0 Å². The van der Waals surface area contributed by atoms with Gasteiger partial charge in [0.05, 0.1) is 19.6 Å². The molecule has 1 unspecified atom stereocenters. The second-order valence-corrected chi connectivity index (χ2v) is 8.24. The summed E-state index contributed by atoms with van der Waals surface area (Å²) in [4.78, 5) is 11.2. The average Bonchev–Trinajstić information content (AvgIpc) is 2.63. The van der Waals surface area contributed by atoms with Gasteiger partial charge >= 0.3 is 0 Å². The summed E-state index contributed by atoms with van der Waals surface area (Å²) in [6.07, 6.45) is 14.9. The molecule has 27 heavy (non-hydrogen) atoms. The van der Waals surface area contributed by atoms with Crippen LogP contribution in [0.2, 0.25) is 0 Å². The minimum Gasteiger partial charge on any atom is -0.550 e. The highest BCUT2D eigenvalue weighted by atomic mass is 16.4. The van der Waals surface area contributed by atoms with Gasteiger partial charge in [-0.1, -0.05) is 59.8 Å². The van der Waals surface area contributed by atoms with Gasteiger partial charge in [-0.25, -0.2) is 0 Å². The van der Waals surface area contributed by atoms with Crippen LogP contribution in [0.3, 0.4) is 0 Å². The van der Waals surface area contributed by atoms with E-state index in [2.05, 4.69) is 27.0 Å². The predicted molar refractivity (Wildman–Crippen MR) is 112 cm³/mol. The zero-order valence-corrected chi connectivity index (χ0v) is 18.5. The van der Waals surface area contributed by atoms with Crippen LogP contribution in [0.25, 0.3) is 0 Å². The maximum Gasteiger partial charge on any atom is 0.145 e. The van der Waals surface area contributed by atoms with Crippen molar-refractivity contribution in [1.29, 1.82) is 0 Å². The highest BCUT2D eigenvalue weighted by molar-refractivity contribution is 5.66. The number of aliphatic hydroxyl groups is 1. The van der Waals surface area contributed by atoms with Crippen molar-refractivity contribution >= 4 is 5.97 Å². The second kappa shape index (κ2) is 16.0. The van der Waals surface area contributed by atoms with E-state index >= 15 is 0 Å². The van der Waals surface area contributed by atoms with Crippen molar-refractivity contribution in [3.05, 3.63) is 12.0 Å². The molecule has 1 N–H and O–H groups in total. The van der Waals surface area contributed by atoms with Crippen molar-refractivity contribution in [2.24, 2.45) is 5.92 Å². The molecular formula is C23H45NO3. The largest absolute Gasteiger partial charge is 0.550 e. The van der Waals surface area contributed by atoms with Crippen molar-refractivity contribution in [2.45, 2.75) is 105 Å². The summed E-state index contributed by atoms with van der Waals surface area (Å²) in [5, 5.41) is 21.8. The van der Waals surface area contributed by atoms with Crippen molar-refractivity contribution in [2.75, 3.05) is 19.6 Å². The molecule has 0 radical (unpaired) electrons. The number of aliphatic carboxylic acids is 1. The molecule has 0 bridgehead atoms. The first-order chi connectivity index (χ1) is 12.9. The third kappa shape index (κ3) is 12.9. The van der Waals surface area contributed by atoms with Gasteiger partial charge < -0.3 is 15.0 Å². The molecule has 0 aliphatic rings. The van der Waals surface area contributed by atoms with Crippen LogP contribution in [0.1, 0.15) is 105 Å². The molecule has 0 saturated carbocycles. The van der Waals surface area contributed by atoms with Crippen LogP contribution in [-0.4, -0.2) is 35.2 Å². The molecule has 0 fully saturated rings. The van der Waals surface area contributed by atoms with E-state index in [9.17, 15) is 15.0 Å². The van der Waals surface area contributed by atoms with Crippen LogP contribution in [-0.2, 0) is 4.79 Å². The Labute approximate surface area is 168 Å². The Morgan fingerprint density at radius 2 is 1.41 bits per heavy atom. The van der Waals surface area contributed by atoms with Gasteiger partial charge in [0.2, 0.25) is 0 Å². The number of carbonyl (C=O) groups excluding carboxylic acids is 1. The van der Waals surface area contributed by atoms with Crippen molar-refractivity contribution in [3.63, 3.8) is 0 Å². The average molecular weight is 384 g/mol. The molecule has 0 rings (SSSR count). The number of aliphatic hydroxyl groups excluding tert-OH is 1. The molecule has 0 aromatic heterocycles. The summed E-state index contributed by atoms with van der Waals surface area (Å²) in [5.41, 5.74) is 0. The molecule has 4 nitrogen and oxygen atoms in total. The highest BCUT2D eigenvalue weighted by Gasteiger charge is 2.26. The van der Waals surface area contributed by atoms with E-state index in [0.717, 1.165) is 69.1 Å². The maximum atomic E-state index is 11.2. The van der Waals surface area contributed by atoms with Gasteiger partial charge in [-0.3, -0.25) is 4.48 Å². The number of carbonyl (C=O) groups is 1. The molecule has 160 valence electrons. The Morgan fingerprint density at radius 1 is 0.889 bits per heavy atom. The molecule has 0 aromatic carbocycles. The lowest BCUT2D eigenvalue weighted by Gasteiger charge is -2.36. The summed E-state index contributed by atoms with van der Waals surface area (Å²) in [7, 11) is 0. The van der Waals surface area contributed by atoms with Crippen LogP contribution in [0, 0.1) is 5.92 Å². The minimum absolute atomic E-state index is 0.444. The first-order valence-corrected chi connectivity index (χ1v) is 11.4. The van der Waals surface area contributed by atoms with E-state index in [-0.39, 0.29) is 0 Å². The number of rotatable bonds is 18. The smallest absolute Gasteiger partial charge is 0.145 e. The van der Waals surface area contributed by atoms with Gasteiger partial charge in [0.25, 0.3) is 0 Å². The van der Waals surface area contributed by atoms with E-state index in [1.54, 1.807) is 6.92 Å². The topological polar surface area (TPSA) is 60.4 Å². The summed E-state index contributed by atoms with van der Waals surface area (Å²) < 4.78 is 0.719. The van der Waals surface area contributed by atoms with Crippen LogP contribution in [0.15, 0.2) is 12.0 Å². The molecule has 0 aliphatic carbocycles. The van der Waals surface area contributed by atoms with Crippen molar-refractivity contribution in [3.8, 4) is 0 Å². The lowest BCUT2D eigenvalue weighted by Crippen LogP contribution is -2.47.